The summed E-state index contributed by atoms with van der Waals surface area (Å²) < 4.78 is 7.29. The lowest BCUT2D eigenvalue weighted by Crippen LogP contribution is -2.25. The lowest BCUT2D eigenvalue weighted by Gasteiger charge is -2.15. The van der Waals surface area contributed by atoms with Gasteiger partial charge in [0, 0.05) is 30.4 Å². The van der Waals surface area contributed by atoms with Crippen molar-refractivity contribution in [2.45, 2.75) is 26.1 Å². The fourth-order valence-corrected chi connectivity index (χ4v) is 3.09. The number of aromatic nitrogens is 5. The molecule has 0 spiro atoms. The Kier molecular flexibility index (Phi) is 5.41. The van der Waals surface area contributed by atoms with Crippen LogP contribution >= 0.6 is 0 Å². The molecular weight excluding hydrogens is 356 g/mol. The van der Waals surface area contributed by atoms with Crippen molar-refractivity contribution in [1.82, 2.24) is 24.5 Å². The second kappa shape index (κ2) is 8.28. The molecule has 2 N–H and O–H groups in total. The number of nitrogens with zero attached hydrogens (tertiary/aromatic N) is 5. The van der Waals surface area contributed by atoms with E-state index < -0.39 is 6.23 Å². The summed E-state index contributed by atoms with van der Waals surface area (Å²) in [6, 6.07) is 3.70. The van der Waals surface area contributed by atoms with Gasteiger partial charge in [0.15, 0.2) is 0 Å². The SMILES string of the molecule is Cc1nc(C2=CCOCC2)cn1CC(O)Nc1ccc(-c2cnccn2)cn1. The summed E-state index contributed by atoms with van der Waals surface area (Å²) in [4.78, 5) is 17.3. The first-order valence-electron chi connectivity index (χ1n) is 9.17. The van der Waals surface area contributed by atoms with Crippen LogP contribution in [0.25, 0.3) is 16.8 Å². The van der Waals surface area contributed by atoms with Gasteiger partial charge in [-0.2, -0.15) is 0 Å². The van der Waals surface area contributed by atoms with Gasteiger partial charge in [0.05, 0.1) is 37.3 Å². The zero-order chi connectivity index (χ0) is 19.3. The number of hydrogen-bond acceptors (Lipinski definition) is 7. The van der Waals surface area contributed by atoms with Gasteiger partial charge in [-0.25, -0.2) is 9.97 Å². The van der Waals surface area contributed by atoms with Gasteiger partial charge >= 0.3 is 0 Å². The normalized spacial score (nSPS) is 15.1. The Labute approximate surface area is 163 Å². The van der Waals surface area contributed by atoms with Crippen LogP contribution in [-0.2, 0) is 11.3 Å². The molecule has 0 aliphatic carbocycles. The molecule has 1 aliphatic heterocycles. The van der Waals surface area contributed by atoms with E-state index in [1.165, 1.54) is 5.57 Å². The highest BCUT2D eigenvalue weighted by Gasteiger charge is 2.14. The quantitative estimate of drug-likeness (QED) is 0.635. The lowest BCUT2D eigenvalue weighted by molar-refractivity contribution is 0.161. The van der Waals surface area contributed by atoms with Crippen LogP contribution in [0.1, 0.15) is 17.9 Å². The average Bonchev–Trinajstić information content (AvgIpc) is 3.10. The first kappa shape index (κ1) is 18.3. The second-order valence-corrected chi connectivity index (χ2v) is 6.56. The molecule has 8 heteroatoms. The van der Waals surface area contributed by atoms with Gasteiger partial charge in [-0.15, -0.1) is 0 Å². The Balaban J connectivity index is 1.40. The van der Waals surface area contributed by atoms with Crippen LogP contribution in [0.4, 0.5) is 5.82 Å². The summed E-state index contributed by atoms with van der Waals surface area (Å²) in [6.07, 6.45) is 10.8. The molecule has 0 saturated carbocycles. The number of hydrogen-bond donors (Lipinski definition) is 2. The van der Waals surface area contributed by atoms with Crippen molar-refractivity contribution in [1.29, 1.82) is 0 Å². The Bertz CT molecular complexity index is 953. The molecule has 0 aromatic carbocycles. The predicted molar refractivity (Wildman–Crippen MR) is 105 cm³/mol. The Morgan fingerprint density at radius 2 is 2.14 bits per heavy atom. The van der Waals surface area contributed by atoms with Crippen molar-refractivity contribution in [2.75, 3.05) is 18.5 Å². The van der Waals surface area contributed by atoms with Crippen LogP contribution < -0.4 is 5.32 Å². The van der Waals surface area contributed by atoms with Crippen molar-refractivity contribution in [3.05, 3.63) is 60.7 Å². The number of pyridine rings is 1. The fourth-order valence-electron chi connectivity index (χ4n) is 3.09. The fraction of sp³-hybridized carbons (Fsp3) is 0.300. The van der Waals surface area contributed by atoms with Crippen molar-refractivity contribution >= 4 is 11.4 Å². The monoisotopic (exact) mass is 378 g/mol. The number of aliphatic hydroxyl groups is 1. The minimum atomic E-state index is -0.792. The Hall–Kier alpha value is -3.10. The van der Waals surface area contributed by atoms with Crippen molar-refractivity contribution in [3.8, 4) is 11.3 Å². The molecule has 0 bridgehead atoms. The zero-order valence-electron chi connectivity index (χ0n) is 15.6. The van der Waals surface area contributed by atoms with Crippen LogP contribution in [0.3, 0.4) is 0 Å². The zero-order valence-corrected chi connectivity index (χ0v) is 15.6. The molecule has 0 saturated heterocycles. The highest BCUT2D eigenvalue weighted by Crippen LogP contribution is 2.21. The number of imidazole rings is 1. The maximum Gasteiger partial charge on any atom is 0.143 e. The van der Waals surface area contributed by atoms with E-state index in [1.54, 1.807) is 24.8 Å². The Morgan fingerprint density at radius 3 is 2.86 bits per heavy atom. The summed E-state index contributed by atoms with van der Waals surface area (Å²) in [7, 11) is 0. The third-order valence-electron chi connectivity index (χ3n) is 4.57. The molecule has 28 heavy (non-hydrogen) atoms. The van der Waals surface area contributed by atoms with E-state index in [1.807, 2.05) is 29.8 Å². The average molecular weight is 378 g/mol. The van der Waals surface area contributed by atoms with E-state index in [9.17, 15) is 5.11 Å². The maximum atomic E-state index is 10.4. The predicted octanol–water partition coefficient (Wildman–Crippen LogP) is 2.28. The van der Waals surface area contributed by atoms with Crippen LogP contribution in [0.15, 0.2) is 49.2 Å². The van der Waals surface area contributed by atoms with Gasteiger partial charge in [-0.05, 0) is 31.1 Å². The summed E-state index contributed by atoms with van der Waals surface area (Å²) in [5, 5.41) is 13.4. The van der Waals surface area contributed by atoms with E-state index in [-0.39, 0.29) is 0 Å². The number of anilines is 1. The third-order valence-corrected chi connectivity index (χ3v) is 4.57. The minimum absolute atomic E-state index is 0.371. The van der Waals surface area contributed by atoms with Crippen molar-refractivity contribution in [3.63, 3.8) is 0 Å². The number of aliphatic hydroxyl groups excluding tert-OH is 1. The van der Waals surface area contributed by atoms with Gasteiger partial charge in [0.1, 0.15) is 17.9 Å². The van der Waals surface area contributed by atoms with Crippen LogP contribution in [-0.4, -0.2) is 49.1 Å². The largest absolute Gasteiger partial charge is 0.377 e. The number of nitrogens with one attached hydrogen (secondary N) is 1. The molecule has 3 aromatic heterocycles. The summed E-state index contributed by atoms with van der Waals surface area (Å²) in [5.74, 6) is 1.44. The molecule has 4 rings (SSSR count). The molecule has 8 nitrogen and oxygen atoms in total. The van der Waals surface area contributed by atoms with E-state index >= 15 is 0 Å². The van der Waals surface area contributed by atoms with Crippen LogP contribution in [0.2, 0.25) is 0 Å². The molecule has 0 radical (unpaired) electrons. The van der Waals surface area contributed by atoms with E-state index in [0.29, 0.717) is 19.0 Å². The number of ether oxygens (including phenoxy) is 1. The molecule has 1 unspecified atom stereocenters. The summed E-state index contributed by atoms with van der Waals surface area (Å²) >= 11 is 0. The van der Waals surface area contributed by atoms with Crippen LogP contribution in [0.5, 0.6) is 0 Å². The molecule has 3 aromatic rings. The number of rotatable bonds is 6. The molecule has 0 fully saturated rings. The van der Waals surface area contributed by atoms with Crippen LogP contribution in [0, 0.1) is 6.92 Å². The lowest BCUT2D eigenvalue weighted by atomic mass is 10.1. The molecule has 4 heterocycles. The first-order chi connectivity index (χ1) is 13.7. The molecule has 0 amide bonds. The molecule has 1 atom stereocenters. The van der Waals surface area contributed by atoms with Crippen molar-refractivity contribution < 1.29 is 9.84 Å². The van der Waals surface area contributed by atoms with E-state index in [2.05, 4.69) is 31.3 Å². The first-order valence-corrected chi connectivity index (χ1v) is 9.17. The van der Waals surface area contributed by atoms with Gasteiger partial charge in [0.25, 0.3) is 0 Å². The molecule has 144 valence electrons. The summed E-state index contributed by atoms with van der Waals surface area (Å²) in [6.45, 7) is 3.65. The minimum Gasteiger partial charge on any atom is -0.377 e. The highest BCUT2D eigenvalue weighted by molar-refractivity contribution is 5.63. The second-order valence-electron chi connectivity index (χ2n) is 6.56. The smallest absolute Gasteiger partial charge is 0.143 e. The summed E-state index contributed by atoms with van der Waals surface area (Å²) in [5.41, 5.74) is 3.76. The standard InChI is InChI=1S/C20H22N6O2/c1-14-24-18(15-4-8-28-9-5-15)12-26(14)13-20(27)25-19-3-2-16(10-23-19)17-11-21-6-7-22-17/h2-4,6-7,10-12,20,27H,5,8-9,13H2,1H3,(H,23,25). The highest BCUT2D eigenvalue weighted by atomic mass is 16.5. The topological polar surface area (TPSA) is 98.0 Å². The van der Waals surface area contributed by atoms with E-state index in [4.69, 9.17) is 4.74 Å². The molecule has 1 aliphatic rings. The van der Waals surface area contributed by atoms with Gasteiger partial charge in [-0.1, -0.05) is 6.08 Å². The van der Waals surface area contributed by atoms with Gasteiger partial charge in [-0.3, -0.25) is 9.97 Å². The maximum absolute atomic E-state index is 10.4. The Morgan fingerprint density at radius 1 is 1.21 bits per heavy atom. The van der Waals surface area contributed by atoms with E-state index in [0.717, 1.165) is 35.8 Å². The van der Waals surface area contributed by atoms with Gasteiger partial charge < -0.3 is 19.7 Å². The molecular formula is C20H22N6O2. The van der Waals surface area contributed by atoms with Crippen molar-refractivity contribution in [2.24, 2.45) is 0 Å². The third kappa shape index (κ3) is 4.24. The number of aryl methyl sites for hydroxylation is 1. The van der Waals surface area contributed by atoms with Gasteiger partial charge in [0.2, 0.25) is 0 Å².